The van der Waals surface area contributed by atoms with E-state index >= 15 is 0 Å². The number of benzene rings is 2. The summed E-state index contributed by atoms with van der Waals surface area (Å²) < 4.78 is 130. The quantitative estimate of drug-likeness (QED) is 0.0247. The smallest absolute Gasteiger partial charge is 0.303 e. The predicted molar refractivity (Wildman–Crippen MR) is 232 cm³/mol. The van der Waals surface area contributed by atoms with Crippen molar-refractivity contribution >= 4 is 75.3 Å². The van der Waals surface area contributed by atoms with Crippen molar-refractivity contribution < 1.29 is 75.9 Å². The summed E-state index contributed by atoms with van der Waals surface area (Å²) in [4.78, 5) is 39.1. The summed E-state index contributed by atoms with van der Waals surface area (Å²) >= 11 is 0. The minimum Gasteiger partial charge on any atom is -0.481 e. The van der Waals surface area contributed by atoms with Crippen LogP contribution in [0.2, 0.25) is 0 Å². The molecule has 2 aromatic rings. The van der Waals surface area contributed by atoms with Gasteiger partial charge in [-0.1, -0.05) is 18.2 Å². The summed E-state index contributed by atoms with van der Waals surface area (Å²) in [6.45, 7) is 6.04. The van der Waals surface area contributed by atoms with Gasteiger partial charge in [-0.3, -0.25) is 32.6 Å². The van der Waals surface area contributed by atoms with E-state index in [4.69, 9.17) is 14.2 Å². The monoisotopic (exact) mass is 949 g/mol. The maximum Gasteiger partial charge on any atom is 0.303 e. The van der Waals surface area contributed by atoms with Gasteiger partial charge < -0.3 is 20.6 Å². The Morgan fingerprint density at radius 2 is 1.32 bits per heavy atom. The van der Waals surface area contributed by atoms with Gasteiger partial charge in [0, 0.05) is 79.6 Å². The predicted octanol–water partition coefficient (Wildman–Crippen LogP) is 3.34. The van der Waals surface area contributed by atoms with Crippen LogP contribution in [-0.2, 0) is 45.3 Å². The van der Waals surface area contributed by atoms with E-state index in [0.29, 0.717) is 53.2 Å². The van der Waals surface area contributed by atoms with Crippen molar-refractivity contribution in [2.24, 2.45) is 0 Å². The molecule has 0 spiro atoms. The molecule has 0 bridgehead atoms. The molecule has 2 rings (SSSR count). The second-order valence-corrected chi connectivity index (χ2v) is 20.2. The third-order valence-corrected chi connectivity index (χ3v) is 12.1. The lowest BCUT2D eigenvalue weighted by molar-refractivity contribution is -0.441. The lowest BCUT2D eigenvalue weighted by Crippen LogP contribution is -2.31. The Bertz CT molecular complexity index is 2550. The minimum absolute atomic E-state index is 0.00814. The van der Waals surface area contributed by atoms with Gasteiger partial charge in [-0.05, 0) is 75.9 Å². The van der Waals surface area contributed by atoms with Crippen LogP contribution in [0.1, 0.15) is 77.8 Å². The Morgan fingerprint density at radius 3 is 1.87 bits per heavy atom. The van der Waals surface area contributed by atoms with Crippen LogP contribution in [0.4, 0.5) is 11.4 Å². The van der Waals surface area contributed by atoms with Gasteiger partial charge in [-0.15, -0.1) is 0 Å². The molecule has 0 aromatic heterocycles. The molecule has 7 N–H and O–H groups in total. The average molecular weight is 950 g/mol. The SMILES string of the molecule is C\C(=C/C=C/C=C/C(C)=[N+](\CCCCCC(=O)O)c1cc(C(=O)NCCS(=O)(=O)O)cc(C(=O)NCCS(=O)(=O)O)c1C)N(CCCS(=O)(=O)O)c1ccc(S(=O)(=O)O)cc1C. The minimum atomic E-state index is -4.50. The lowest BCUT2D eigenvalue weighted by Gasteiger charge is -2.27. The Hall–Kier alpha value is -4.82. The Kier molecular flexibility index (Phi) is 20.3. The number of carbonyl (C=O) groups is 3. The highest BCUT2D eigenvalue weighted by Gasteiger charge is 2.25. The highest BCUT2D eigenvalue weighted by Crippen LogP contribution is 2.28. The number of hydrogen-bond acceptors (Lipinski definition) is 12. The first-order valence-corrected chi connectivity index (χ1v) is 25.1. The van der Waals surface area contributed by atoms with Gasteiger partial charge in [0.15, 0.2) is 5.71 Å². The molecule has 0 radical (unpaired) electrons. The summed E-state index contributed by atoms with van der Waals surface area (Å²) in [5.74, 6) is -4.70. The van der Waals surface area contributed by atoms with E-state index in [1.807, 2.05) is 0 Å². The fraction of sp³-hybridized carbons (Fsp3) is 0.421. The van der Waals surface area contributed by atoms with Crippen LogP contribution < -0.4 is 15.5 Å². The van der Waals surface area contributed by atoms with Crippen LogP contribution in [0.15, 0.2) is 71.3 Å². The van der Waals surface area contributed by atoms with Gasteiger partial charge in [0.25, 0.3) is 52.3 Å². The van der Waals surface area contributed by atoms with Gasteiger partial charge in [0.2, 0.25) is 5.69 Å². The summed E-state index contributed by atoms with van der Waals surface area (Å²) in [7, 11) is -17.6. The molecule has 62 heavy (non-hydrogen) atoms. The molecule has 0 heterocycles. The molecule has 20 nitrogen and oxygen atoms in total. The fourth-order valence-electron chi connectivity index (χ4n) is 5.96. The zero-order chi connectivity index (χ0) is 47.1. The van der Waals surface area contributed by atoms with Crippen LogP contribution >= 0.6 is 0 Å². The molecule has 0 saturated heterocycles. The normalized spacial score (nSPS) is 13.3. The maximum absolute atomic E-state index is 13.4. The number of carbonyl (C=O) groups excluding carboxylic acids is 2. The highest BCUT2D eigenvalue weighted by molar-refractivity contribution is 7.86. The van der Waals surface area contributed by atoms with Gasteiger partial charge in [0.1, 0.15) is 6.54 Å². The number of carboxylic acids is 1. The number of aliphatic carboxylic acids is 1. The number of amides is 2. The number of unbranched alkanes of at least 4 members (excludes halogenated alkanes) is 2. The third kappa shape index (κ3) is 19.5. The van der Waals surface area contributed by atoms with E-state index in [1.165, 1.54) is 30.3 Å². The van der Waals surface area contributed by atoms with Crippen molar-refractivity contribution in [3.63, 3.8) is 0 Å². The Labute approximate surface area is 362 Å². The molecule has 0 fully saturated rings. The summed E-state index contributed by atoms with van der Waals surface area (Å²) in [5.41, 5.74) is 2.62. The first-order valence-electron chi connectivity index (χ1n) is 18.9. The van der Waals surface area contributed by atoms with Crippen molar-refractivity contribution in [1.29, 1.82) is 0 Å². The zero-order valence-electron chi connectivity index (χ0n) is 34.5. The molecule has 0 atom stereocenters. The van der Waals surface area contributed by atoms with Crippen molar-refractivity contribution in [3.8, 4) is 0 Å². The highest BCUT2D eigenvalue weighted by atomic mass is 32.2. The molecule has 2 aromatic carbocycles. The van der Waals surface area contributed by atoms with Crippen LogP contribution in [0, 0.1) is 13.8 Å². The van der Waals surface area contributed by atoms with E-state index in [-0.39, 0.29) is 42.0 Å². The summed E-state index contributed by atoms with van der Waals surface area (Å²) in [5, 5.41) is 13.9. The van der Waals surface area contributed by atoms with E-state index in [2.05, 4.69) is 10.6 Å². The van der Waals surface area contributed by atoms with E-state index in [1.54, 1.807) is 67.6 Å². The number of anilines is 1. The van der Waals surface area contributed by atoms with Crippen molar-refractivity contribution in [1.82, 2.24) is 10.6 Å². The largest absolute Gasteiger partial charge is 0.481 e. The van der Waals surface area contributed by atoms with Gasteiger partial charge in [0.05, 0.1) is 22.2 Å². The second kappa shape index (κ2) is 23.6. The van der Waals surface area contributed by atoms with Gasteiger partial charge >= 0.3 is 5.97 Å². The molecular weight excluding hydrogens is 897 g/mol. The molecule has 0 unspecified atom stereocenters. The zero-order valence-corrected chi connectivity index (χ0v) is 37.8. The maximum atomic E-state index is 13.4. The first kappa shape index (κ1) is 53.3. The van der Waals surface area contributed by atoms with Crippen LogP contribution in [0.25, 0.3) is 0 Å². The summed E-state index contributed by atoms with van der Waals surface area (Å²) in [6.07, 6.45) is 9.60. The molecule has 2 amide bonds. The molecule has 0 aliphatic rings. The van der Waals surface area contributed by atoms with E-state index in [9.17, 15) is 57.2 Å². The Balaban J connectivity index is 2.66. The van der Waals surface area contributed by atoms with Crippen LogP contribution in [0.5, 0.6) is 0 Å². The molecule has 0 aliphatic heterocycles. The number of nitrogens with zero attached hydrogens (tertiary/aromatic N) is 2. The van der Waals surface area contributed by atoms with E-state index < -0.39 is 88.6 Å². The third-order valence-electron chi connectivity index (χ3n) is 9.03. The molecule has 24 heteroatoms. The molecule has 0 aliphatic carbocycles. The standard InChI is InChI=1S/C38H52N4O16S4/c1-27-24-32(62(56,57)58)15-16-34(27)41(20-11-21-59(47,48)49)28(2)12-7-5-8-13-29(3)42(19-10-6-9-14-36(43)44)35-26-31(37(45)39-17-22-60(50,51)52)25-33(30(35)4)38(46)40-18-23-61(53,54)55/h5,7-8,12-13,15-16,24-26H,6,9-11,14,17-23H2,1-4H3,(H6-,39,40,43,44,45,46,47,48,49,50,51,52,53,54,55,56,57,58)/p+1. The first-order chi connectivity index (χ1) is 28.6. The molecule has 0 saturated carbocycles. The fourth-order valence-corrected chi connectivity index (χ4v) is 7.74. The number of rotatable bonds is 25. The number of hydrogen-bond donors (Lipinski definition) is 7. The summed E-state index contributed by atoms with van der Waals surface area (Å²) in [6, 6.07) is 6.58. The lowest BCUT2D eigenvalue weighted by atomic mass is 10.00. The topological polar surface area (TPSA) is 319 Å². The van der Waals surface area contributed by atoms with Crippen LogP contribution in [0.3, 0.4) is 0 Å². The Morgan fingerprint density at radius 1 is 0.726 bits per heavy atom. The number of carboxylic acid groups (broad SMARTS) is 1. The second-order valence-electron chi connectivity index (χ2n) is 14.0. The molecule has 344 valence electrons. The molecular formula is C38H53N4O16S4+. The van der Waals surface area contributed by atoms with Crippen molar-refractivity contribution in [3.05, 3.63) is 88.7 Å². The van der Waals surface area contributed by atoms with Crippen molar-refractivity contribution in [2.45, 2.75) is 64.7 Å². The number of allylic oxidation sites excluding steroid dienone is 6. The van der Waals surface area contributed by atoms with E-state index in [0.717, 1.165) is 0 Å². The van der Waals surface area contributed by atoms with Crippen LogP contribution in [-0.4, -0.2) is 128 Å². The van der Waals surface area contributed by atoms with Crippen molar-refractivity contribution in [2.75, 3.05) is 48.3 Å². The average Bonchev–Trinajstić information content (AvgIpc) is 3.13. The van der Waals surface area contributed by atoms with Gasteiger partial charge in [-0.2, -0.15) is 38.2 Å². The number of aryl methyl sites for hydroxylation is 1. The number of nitrogens with one attached hydrogen (secondary N) is 2. The van der Waals surface area contributed by atoms with Gasteiger partial charge in [-0.25, -0.2) is 0 Å².